The Hall–Kier alpha value is -3.43. The van der Waals surface area contributed by atoms with E-state index >= 15 is 0 Å². The third kappa shape index (κ3) is 6.64. The van der Waals surface area contributed by atoms with Gasteiger partial charge in [0, 0.05) is 43.3 Å². The second-order valence-electron chi connectivity index (χ2n) is 10.3. The van der Waals surface area contributed by atoms with Gasteiger partial charge in [0.05, 0.1) is 18.2 Å². The average molecular weight is 565 g/mol. The second kappa shape index (κ2) is 12.8. The molecular weight excluding hydrogens is 530 g/mol. The number of benzene rings is 3. The molecule has 0 aliphatic carbocycles. The summed E-state index contributed by atoms with van der Waals surface area (Å²) in [5.41, 5.74) is 2.67. The fraction of sp³-hybridized carbons (Fsp3) is 0.355. The zero-order chi connectivity index (χ0) is 28.1. The average Bonchev–Trinajstić information content (AvgIpc) is 2.98. The van der Waals surface area contributed by atoms with E-state index in [0.717, 1.165) is 61.0 Å². The van der Waals surface area contributed by atoms with Gasteiger partial charge in [-0.05, 0) is 67.1 Å². The Morgan fingerprint density at radius 1 is 0.950 bits per heavy atom. The monoisotopic (exact) mass is 564 g/mol. The molecule has 0 spiro atoms. The number of hydrogen-bond donors (Lipinski definition) is 1. The number of anilines is 2. The Balaban J connectivity index is 1.11. The number of carbonyl (C=O) groups is 2. The van der Waals surface area contributed by atoms with Crippen LogP contribution < -0.4 is 15.1 Å². The highest BCUT2D eigenvalue weighted by atomic mass is 32.2. The Kier molecular flexibility index (Phi) is 9.01. The summed E-state index contributed by atoms with van der Waals surface area (Å²) in [5, 5.41) is 2.49. The number of nitrogens with zero attached hydrogens (tertiary/aromatic N) is 3. The molecule has 210 valence electrons. The predicted molar refractivity (Wildman–Crippen MR) is 156 cm³/mol. The highest BCUT2D eigenvalue weighted by molar-refractivity contribution is 8.01. The van der Waals surface area contributed by atoms with Gasteiger partial charge in [-0.3, -0.25) is 14.5 Å². The summed E-state index contributed by atoms with van der Waals surface area (Å²) in [5.74, 6) is -1.30. The lowest BCUT2D eigenvalue weighted by molar-refractivity contribution is -0.128. The van der Waals surface area contributed by atoms with Crippen molar-refractivity contribution in [3.63, 3.8) is 0 Å². The van der Waals surface area contributed by atoms with Crippen LogP contribution in [-0.4, -0.2) is 61.2 Å². The zero-order valence-corrected chi connectivity index (χ0v) is 23.4. The van der Waals surface area contributed by atoms with Gasteiger partial charge in [-0.15, -0.1) is 11.8 Å². The summed E-state index contributed by atoms with van der Waals surface area (Å²) in [7, 11) is 0. The van der Waals surface area contributed by atoms with E-state index in [-0.39, 0.29) is 23.4 Å². The lowest BCUT2D eigenvalue weighted by atomic mass is 10.0. The fourth-order valence-electron chi connectivity index (χ4n) is 5.19. The summed E-state index contributed by atoms with van der Waals surface area (Å²) in [4.78, 5) is 34.0. The SMILES string of the molecule is C[C@H](C(=O)NCCCN1CCN(c2ccc(F)cc2)CC1)[C@@H]1Sc2ccccc2N(Cc2ccc(F)cc2)C1=O. The molecule has 2 aliphatic heterocycles. The number of hydrogen-bond acceptors (Lipinski definition) is 5. The van der Waals surface area contributed by atoms with Crippen molar-refractivity contribution in [2.75, 3.05) is 49.1 Å². The molecule has 0 unspecified atom stereocenters. The molecule has 6 nitrogen and oxygen atoms in total. The van der Waals surface area contributed by atoms with Crippen molar-refractivity contribution < 1.29 is 18.4 Å². The molecule has 5 rings (SSSR count). The minimum atomic E-state index is -0.546. The smallest absolute Gasteiger partial charge is 0.241 e. The van der Waals surface area contributed by atoms with Gasteiger partial charge in [0.2, 0.25) is 11.8 Å². The molecule has 2 aliphatic rings. The first-order valence-electron chi connectivity index (χ1n) is 13.7. The van der Waals surface area contributed by atoms with Crippen molar-refractivity contribution in [3.8, 4) is 0 Å². The molecule has 9 heteroatoms. The minimum Gasteiger partial charge on any atom is -0.369 e. The van der Waals surface area contributed by atoms with Crippen LogP contribution >= 0.6 is 11.8 Å². The molecule has 1 N–H and O–H groups in total. The van der Waals surface area contributed by atoms with Crippen LogP contribution in [0.25, 0.3) is 0 Å². The van der Waals surface area contributed by atoms with Gasteiger partial charge in [-0.25, -0.2) is 8.78 Å². The van der Waals surface area contributed by atoms with E-state index < -0.39 is 11.2 Å². The molecule has 3 aromatic rings. The number of fused-ring (bicyclic) bond motifs is 1. The molecule has 2 amide bonds. The molecule has 1 fully saturated rings. The third-order valence-electron chi connectivity index (χ3n) is 7.56. The lowest BCUT2D eigenvalue weighted by Gasteiger charge is -2.36. The van der Waals surface area contributed by atoms with Crippen LogP contribution in [0.15, 0.2) is 77.7 Å². The Bertz CT molecular complexity index is 1310. The molecule has 0 bridgehead atoms. The Morgan fingerprint density at radius 3 is 2.30 bits per heavy atom. The Morgan fingerprint density at radius 2 is 1.60 bits per heavy atom. The van der Waals surface area contributed by atoms with Crippen LogP contribution in [0.5, 0.6) is 0 Å². The quantitative estimate of drug-likeness (QED) is 0.374. The number of nitrogens with one attached hydrogen (secondary N) is 1. The number of carbonyl (C=O) groups excluding carboxylic acids is 2. The fourth-order valence-corrected chi connectivity index (χ4v) is 6.47. The van der Waals surface area contributed by atoms with Crippen LogP contribution in [0.3, 0.4) is 0 Å². The number of thioether (sulfide) groups is 1. The van der Waals surface area contributed by atoms with Crippen molar-refractivity contribution >= 4 is 35.0 Å². The van der Waals surface area contributed by atoms with Gasteiger partial charge in [-0.2, -0.15) is 0 Å². The van der Waals surface area contributed by atoms with E-state index in [0.29, 0.717) is 13.1 Å². The van der Waals surface area contributed by atoms with Crippen LogP contribution in [0, 0.1) is 17.6 Å². The Labute approximate surface area is 238 Å². The first-order chi connectivity index (χ1) is 19.4. The maximum Gasteiger partial charge on any atom is 0.241 e. The topological polar surface area (TPSA) is 55.9 Å². The maximum atomic E-state index is 13.6. The third-order valence-corrected chi connectivity index (χ3v) is 9.02. The highest BCUT2D eigenvalue weighted by Gasteiger charge is 2.39. The van der Waals surface area contributed by atoms with E-state index in [9.17, 15) is 18.4 Å². The van der Waals surface area contributed by atoms with Gasteiger partial charge in [0.15, 0.2) is 0 Å². The second-order valence-corrected chi connectivity index (χ2v) is 11.5. The van der Waals surface area contributed by atoms with E-state index in [1.54, 1.807) is 17.0 Å². The van der Waals surface area contributed by atoms with Crippen LogP contribution in [0.1, 0.15) is 18.9 Å². The van der Waals surface area contributed by atoms with E-state index in [2.05, 4.69) is 15.1 Å². The number of rotatable bonds is 9. The molecular formula is C31H34F2N4O2S. The van der Waals surface area contributed by atoms with Crippen LogP contribution in [0.2, 0.25) is 0 Å². The molecule has 1 saturated heterocycles. The largest absolute Gasteiger partial charge is 0.369 e. The van der Waals surface area contributed by atoms with Gasteiger partial charge in [0.1, 0.15) is 16.9 Å². The molecule has 0 saturated carbocycles. The molecule has 2 heterocycles. The summed E-state index contributed by atoms with van der Waals surface area (Å²) in [6.07, 6.45) is 0.820. The van der Waals surface area contributed by atoms with Gasteiger partial charge >= 0.3 is 0 Å². The van der Waals surface area contributed by atoms with Crippen molar-refractivity contribution in [1.82, 2.24) is 10.2 Å². The molecule has 0 radical (unpaired) electrons. The van der Waals surface area contributed by atoms with Gasteiger partial charge in [-0.1, -0.05) is 31.2 Å². The predicted octanol–water partition coefficient (Wildman–Crippen LogP) is 4.94. The number of piperazine rings is 1. The van der Waals surface area contributed by atoms with Crippen LogP contribution in [0.4, 0.5) is 20.2 Å². The molecule has 2 atom stereocenters. The van der Waals surface area contributed by atoms with Crippen LogP contribution in [-0.2, 0) is 16.1 Å². The lowest BCUT2D eigenvalue weighted by Crippen LogP contribution is -2.48. The normalized spacial score (nSPS) is 18.4. The molecule has 3 aromatic carbocycles. The van der Waals surface area contributed by atoms with E-state index in [4.69, 9.17) is 0 Å². The summed E-state index contributed by atoms with van der Waals surface area (Å²) < 4.78 is 26.6. The van der Waals surface area contributed by atoms with Gasteiger partial charge in [0.25, 0.3) is 0 Å². The summed E-state index contributed by atoms with van der Waals surface area (Å²) in [6, 6.07) is 20.5. The zero-order valence-electron chi connectivity index (χ0n) is 22.6. The van der Waals surface area contributed by atoms with Gasteiger partial charge < -0.3 is 15.1 Å². The van der Waals surface area contributed by atoms with Crippen molar-refractivity contribution in [2.24, 2.45) is 5.92 Å². The van der Waals surface area contributed by atoms with Crippen molar-refractivity contribution in [3.05, 3.63) is 90.0 Å². The van der Waals surface area contributed by atoms with E-state index in [1.807, 2.05) is 43.3 Å². The molecule has 40 heavy (non-hydrogen) atoms. The minimum absolute atomic E-state index is 0.116. The van der Waals surface area contributed by atoms with Crippen molar-refractivity contribution in [1.29, 1.82) is 0 Å². The van der Waals surface area contributed by atoms with E-state index in [1.165, 1.54) is 36.0 Å². The first kappa shape index (κ1) is 28.1. The standard InChI is InChI=1S/C31H34F2N4O2S/c1-22(30(38)34-15-4-16-35-17-19-36(20-18-35)26-13-11-25(33)12-14-26)29-31(39)37(21-23-7-9-24(32)10-8-23)27-5-2-3-6-28(27)40-29/h2-3,5-14,22,29H,4,15-21H2,1H3,(H,34,38)/t22-,29-/m0/s1. The van der Waals surface area contributed by atoms with Crippen molar-refractivity contribution in [2.45, 2.75) is 30.0 Å². The number of amides is 2. The number of halogens is 2. The summed E-state index contributed by atoms with van der Waals surface area (Å²) >= 11 is 1.43. The molecule has 0 aromatic heterocycles. The highest BCUT2D eigenvalue weighted by Crippen LogP contribution is 2.42. The maximum absolute atomic E-state index is 13.6. The number of para-hydroxylation sites is 1. The summed E-state index contributed by atoms with van der Waals surface area (Å²) in [6.45, 7) is 7.14. The first-order valence-corrected chi connectivity index (χ1v) is 14.6.